The van der Waals surface area contributed by atoms with Crippen LogP contribution in [0, 0.1) is 0 Å². The number of furan rings is 1. The first-order valence-electron chi connectivity index (χ1n) is 6.78. The smallest absolute Gasteiger partial charge is 0.119 e. The average molecular weight is 257 g/mol. The van der Waals surface area contributed by atoms with Crippen molar-refractivity contribution >= 4 is 0 Å². The molecule has 1 heterocycles. The lowest BCUT2D eigenvalue weighted by Crippen LogP contribution is -2.24. The Morgan fingerprint density at radius 3 is 3.11 bits per heavy atom. The molecule has 0 amide bonds. The summed E-state index contributed by atoms with van der Waals surface area (Å²) in [5.74, 6) is 0.953. The molecule has 3 nitrogen and oxygen atoms in total. The number of benzene rings is 1. The van der Waals surface area contributed by atoms with Crippen LogP contribution in [0.2, 0.25) is 0 Å². The maximum atomic E-state index is 5.30. The Morgan fingerprint density at radius 2 is 2.32 bits per heavy atom. The van der Waals surface area contributed by atoms with Gasteiger partial charge < -0.3 is 14.5 Å². The fourth-order valence-corrected chi connectivity index (χ4v) is 2.76. The number of methoxy groups -OCH3 is 1. The van der Waals surface area contributed by atoms with Gasteiger partial charge in [-0.05, 0) is 48.6 Å². The average Bonchev–Trinajstić information content (AvgIpc) is 2.97. The van der Waals surface area contributed by atoms with Gasteiger partial charge in [0.1, 0.15) is 5.75 Å². The van der Waals surface area contributed by atoms with Crippen LogP contribution in [0.4, 0.5) is 0 Å². The molecule has 1 aliphatic rings. The van der Waals surface area contributed by atoms with E-state index in [-0.39, 0.29) is 0 Å². The lowest BCUT2D eigenvalue weighted by atomic mass is 9.87. The standard InChI is InChI=1S/C16H19NO2/c1-18-14-5-6-15-13(9-14)3-2-4-16(15)17-10-12-7-8-19-11-12/h5-9,11,16-17H,2-4,10H2,1H3. The van der Waals surface area contributed by atoms with Crippen molar-refractivity contribution in [1.29, 1.82) is 0 Å². The highest BCUT2D eigenvalue weighted by molar-refractivity contribution is 5.39. The molecule has 3 heteroatoms. The number of aryl methyl sites for hydroxylation is 1. The highest BCUT2D eigenvalue weighted by atomic mass is 16.5. The first kappa shape index (κ1) is 12.3. The number of hydrogen-bond donors (Lipinski definition) is 1. The first-order valence-corrected chi connectivity index (χ1v) is 6.78. The van der Waals surface area contributed by atoms with E-state index >= 15 is 0 Å². The molecule has 1 N–H and O–H groups in total. The zero-order chi connectivity index (χ0) is 13.1. The largest absolute Gasteiger partial charge is 0.497 e. The van der Waals surface area contributed by atoms with Crippen molar-refractivity contribution in [1.82, 2.24) is 5.32 Å². The monoisotopic (exact) mass is 257 g/mol. The van der Waals surface area contributed by atoms with Crippen molar-refractivity contribution in [2.24, 2.45) is 0 Å². The zero-order valence-corrected chi connectivity index (χ0v) is 11.2. The molecule has 0 fully saturated rings. The summed E-state index contributed by atoms with van der Waals surface area (Å²) in [6, 6.07) is 8.85. The van der Waals surface area contributed by atoms with Gasteiger partial charge in [0.05, 0.1) is 19.6 Å². The van der Waals surface area contributed by atoms with Gasteiger partial charge in [-0.15, -0.1) is 0 Å². The van der Waals surface area contributed by atoms with Crippen molar-refractivity contribution in [2.75, 3.05) is 7.11 Å². The molecule has 1 aliphatic carbocycles. The second kappa shape index (κ2) is 5.49. The van der Waals surface area contributed by atoms with Gasteiger partial charge in [-0.3, -0.25) is 0 Å². The van der Waals surface area contributed by atoms with Crippen LogP contribution in [0.15, 0.2) is 41.2 Å². The Hall–Kier alpha value is -1.74. The quantitative estimate of drug-likeness (QED) is 0.911. The number of nitrogens with one attached hydrogen (secondary N) is 1. The second-order valence-electron chi connectivity index (χ2n) is 5.02. The van der Waals surface area contributed by atoms with Crippen LogP contribution in [0.25, 0.3) is 0 Å². The maximum absolute atomic E-state index is 5.30. The van der Waals surface area contributed by atoms with Crippen LogP contribution in [0.5, 0.6) is 5.75 Å². The predicted octanol–water partition coefficient (Wildman–Crippen LogP) is 3.46. The van der Waals surface area contributed by atoms with Crippen LogP contribution in [-0.4, -0.2) is 7.11 Å². The first-order chi connectivity index (χ1) is 9.36. The van der Waals surface area contributed by atoms with Gasteiger partial charge in [0.2, 0.25) is 0 Å². The predicted molar refractivity (Wildman–Crippen MR) is 74.2 cm³/mol. The third-order valence-corrected chi connectivity index (χ3v) is 3.80. The highest BCUT2D eigenvalue weighted by Gasteiger charge is 2.20. The van der Waals surface area contributed by atoms with Gasteiger partial charge in [-0.2, -0.15) is 0 Å². The molecule has 0 aliphatic heterocycles. The summed E-state index contributed by atoms with van der Waals surface area (Å²) >= 11 is 0. The van der Waals surface area contributed by atoms with Crippen LogP contribution in [-0.2, 0) is 13.0 Å². The summed E-state index contributed by atoms with van der Waals surface area (Å²) in [4.78, 5) is 0. The molecule has 0 bridgehead atoms. The van der Waals surface area contributed by atoms with Crippen molar-refractivity contribution in [3.05, 3.63) is 53.5 Å². The van der Waals surface area contributed by atoms with Crippen molar-refractivity contribution in [2.45, 2.75) is 31.8 Å². The van der Waals surface area contributed by atoms with E-state index in [1.165, 1.54) is 29.5 Å². The Bertz CT molecular complexity index is 534. The highest BCUT2D eigenvalue weighted by Crippen LogP contribution is 2.32. The molecular formula is C16H19NO2. The summed E-state index contributed by atoms with van der Waals surface area (Å²) in [5, 5.41) is 3.62. The van der Waals surface area contributed by atoms with E-state index in [1.807, 2.05) is 6.07 Å². The van der Waals surface area contributed by atoms with Crippen molar-refractivity contribution in [3.8, 4) is 5.75 Å². The Morgan fingerprint density at radius 1 is 1.37 bits per heavy atom. The molecule has 100 valence electrons. The number of hydrogen-bond acceptors (Lipinski definition) is 3. The van der Waals surface area contributed by atoms with Gasteiger partial charge in [-0.1, -0.05) is 6.07 Å². The van der Waals surface area contributed by atoms with Gasteiger partial charge >= 0.3 is 0 Å². The van der Waals surface area contributed by atoms with Gasteiger partial charge in [-0.25, -0.2) is 0 Å². The third kappa shape index (κ3) is 2.66. The van der Waals surface area contributed by atoms with E-state index in [0.717, 1.165) is 18.7 Å². The Labute approximate surface area is 113 Å². The van der Waals surface area contributed by atoms with Crippen LogP contribution in [0.1, 0.15) is 35.6 Å². The van der Waals surface area contributed by atoms with E-state index in [0.29, 0.717) is 6.04 Å². The van der Waals surface area contributed by atoms with E-state index in [9.17, 15) is 0 Å². The van der Waals surface area contributed by atoms with E-state index < -0.39 is 0 Å². The lowest BCUT2D eigenvalue weighted by molar-refractivity contribution is 0.410. The van der Waals surface area contributed by atoms with Crippen molar-refractivity contribution in [3.63, 3.8) is 0 Å². The zero-order valence-electron chi connectivity index (χ0n) is 11.2. The lowest BCUT2D eigenvalue weighted by Gasteiger charge is -2.26. The fraction of sp³-hybridized carbons (Fsp3) is 0.375. The molecule has 19 heavy (non-hydrogen) atoms. The number of fused-ring (bicyclic) bond motifs is 1. The van der Waals surface area contributed by atoms with E-state index in [2.05, 4.69) is 23.5 Å². The molecule has 0 saturated heterocycles. The SMILES string of the molecule is COc1ccc2c(c1)CCCC2NCc1ccoc1. The molecule has 0 spiro atoms. The number of rotatable bonds is 4. The maximum Gasteiger partial charge on any atom is 0.119 e. The fourth-order valence-electron chi connectivity index (χ4n) is 2.76. The topological polar surface area (TPSA) is 34.4 Å². The van der Waals surface area contributed by atoms with Crippen LogP contribution in [0.3, 0.4) is 0 Å². The minimum atomic E-state index is 0.435. The summed E-state index contributed by atoms with van der Waals surface area (Å²) in [5.41, 5.74) is 4.02. The minimum Gasteiger partial charge on any atom is -0.497 e. The van der Waals surface area contributed by atoms with Crippen LogP contribution >= 0.6 is 0 Å². The molecule has 3 rings (SSSR count). The molecule has 0 radical (unpaired) electrons. The van der Waals surface area contributed by atoms with E-state index in [1.54, 1.807) is 19.6 Å². The Kier molecular flexibility index (Phi) is 3.56. The number of ether oxygens (including phenoxy) is 1. The summed E-state index contributed by atoms with van der Waals surface area (Å²) in [6.07, 6.45) is 7.08. The third-order valence-electron chi connectivity index (χ3n) is 3.80. The molecule has 1 aromatic carbocycles. The molecular weight excluding hydrogens is 238 g/mol. The summed E-state index contributed by atoms with van der Waals surface area (Å²) in [7, 11) is 1.72. The second-order valence-corrected chi connectivity index (χ2v) is 5.02. The summed E-state index contributed by atoms with van der Waals surface area (Å²) in [6.45, 7) is 0.854. The van der Waals surface area contributed by atoms with Gasteiger partial charge in [0.25, 0.3) is 0 Å². The van der Waals surface area contributed by atoms with Gasteiger partial charge in [0, 0.05) is 18.2 Å². The summed E-state index contributed by atoms with van der Waals surface area (Å²) < 4.78 is 10.4. The molecule has 1 unspecified atom stereocenters. The van der Waals surface area contributed by atoms with Crippen LogP contribution < -0.4 is 10.1 Å². The molecule has 2 aromatic rings. The van der Waals surface area contributed by atoms with E-state index in [4.69, 9.17) is 9.15 Å². The molecule has 1 atom stereocenters. The molecule has 1 aromatic heterocycles. The minimum absolute atomic E-state index is 0.435. The Balaban J connectivity index is 1.74. The van der Waals surface area contributed by atoms with Gasteiger partial charge in [0.15, 0.2) is 0 Å². The normalized spacial score (nSPS) is 18.1. The molecule has 0 saturated carbocycles. The van der Waals surface area contributed by atoms with Crippen molar-refractivity contribution < 1.29 is 9.15 Å².